The molecule has 0 spiro atoms. The van der Waals surface area contributed by atoms with Crippen LogP contribution in [0.1, 0.15) is 29.0 Å². The Morgan fingerprint density at radius 2 is 1.96 bits per heavy atom. The van der Waals surface area contributed by atoms with Crippen LogP contribution in [0.25, 0.3) is 0 Å². The Morgan fingerprint density at radius 1 is 1.22 bits per heavy atom. The van der Waals surface area contributed by atoms with Gasteiger partial charge in [0.15, 0.2) is 5.96 Å². The average Bonchev–Trinajstić information content (AvgIpc) is 2.98. The molecule has 0 saturated carbocycles. The molecule has 0 radical (unpaired) electrons. The molecule has 0 amide bonds. The van der Waals surface area contributed by atoms with Crippen molar-refractivity contribution in [2.45, 2.75) is 26.5 Å². The third-order valence-corrected chi connectivity index (χ3v) is 4.60. The fraction of sp³-hybridized carbons (Fsp3) is 0.353. The second-order valence-corrected chi connectivity index (χ2v) is 6.97. The van der Waals surface area contributed by atoms with Crippen LogP contribution in [0.5, 0.6) is 0 Å². The van der Waals surface area contributed by atoms with Gasteiger partial charge < -0.3 is 15.7 Å². The van der Waals surface area contributed by atoms with E-state index in [1.54, 1.807) is 6.07 Å². The molecular formula is C17H22ClN3OS. The molecule has 0 aliphatic carbocycles. The van der Waals surface area contributed by atoms with Gasteiger partial charge in [-0.3, -0.25) is 0 Å². The maximum absolute atomic E-state index is 10.2. The van der Waals surface area contributed by atoms with Crippen LogP contribution in [0.15, 0.2) is 41.4 Å². The lowest BCUT2D eigenvalue weighted by molar-refractivity contribution is 0.184. The monoisotopic (exact) mass is 351 g/mol. The van der Waals surface area contributed by atoms with Gasteiger partial charge >= 0.3 is 0 Å². The van der Waals surface area contributed by atoms with Gasteiger partial charge in [-0.1, -0.05) is 41.4 Å². The smallest absolute Gasteiger partial charge is 0.191 e. The molecule has 124 valence electrons. The molecule has 6 heteroatoms. The van der Waals surface area contributed by atoms with Gasteiger partial charge in [0, 0.05) is 18.0 Å². The number of aliphatic hydroxyl groups is 1. The van der Waals surface area contributed by atoms with Gasteiger partial charge in [-0.15, -0.1) is 11.3 Å². The Balaban J connectivity index is 1.92. The van der Waals surface area contributed by atoms with E-state index in [4.69, 9.17) is 11.6 Å². The Hall–Kier alpha value is -1.56. The van der Waals surface area contributed by atoms with E-state index < -0.39 is 6.10 Å². The lowest BCUT2D eigenvalue weighted by atomic mass is 10.1. The van der Waals surface area contributed by atoms with Crippen LogP contribution in [-0.2, 0) is 6.54 Å². The van der Waals surface area contributed by atoms with E-state index >= 15 is 0 Å². The first-order chi connectivity index (χ1) is 11.1. The first-order valence-corrected chi connectivity index (χ1v) is 8.79. The van der Waals surface area contributed by atoms with Crippen LogP contribution in [0.3, 0.4) is 0 Å². The second kappa shape index (κ2) is 8.91. The summed E-state index contributed by atoms with van der Waals surface area (Å²) < 4.78 is 0.680. The number of hydrogen-bond acceptors (Lipinski definition) is 3. The average molecular weight is 352 g/mol. The maximum Gasteiger partial charge on any atom is 0.191 e. The fourth-order valence-electron chi connectivity index (χ4n) is 2.01. The van der Waals surface area contributed by atoms with Gasteiger partial charge in [-0.05, 0) is 31.5 Å². The lowest BCUT2D eigenvalue weighted by Gasteiger charge is -2.14. The zero-order valence-corrected chi connectivity index (χ0v) is 14.9. The second-order valence-electron chi connectivity index (χ2n) is 5.22. The van der Waals surface area contributed by atoms with Crippen LogP contribution in [0.4, 0.5) is 0 Å². The van der Waals surface area contributed by atoms with Gasteiger partial charge in [-0.25, -0.2) is 4.99 Å². The highest BCUT2D eigenvalue weighted by molar-refractivity contribution is 7.16. The topological polar surface area (TPSA) is 56.7 Å². The van der Waals surface area contributed by atoms with Crippen LogP contribution in [0.2, 0.25) is 4.34 Å². The summed E-state index contributed by atoms with van der Waals surface area (Å²) in [5.41, 5.74) is 2.39. The van der Waals surface area contributed by atoms with Crippen molar-refractivity contribution in [3.05, 3.63) is 56.7 Å². The molecule has 1 atom stereocenters. The zero-order chi connectivity index (χ0) is 16.7. The van der Waals surface area contributed by atoms with E-state index in [0.717, 1.165) is 17.0 Å². The number of benzene rings is 1. The lowest BCUT2D eigenvalue weighted by Crippen LogP contribution is -2.39. The molecule has 23 heavy (non-hydrogen) atoms. The molecule has 0 aliphatic heterocycles. The molecule has 1 heterocycles. The number of aliphatic hydroxyl groups excluding tert-OH is 1. The summed E-state index contributed by atoms with van der Waals surface area (Å²) >= 11 is 7.28. The van der Waals surface area contributed by atoms with Crippen molar-refractivity contribution in [3.63, 3.8) is 0 Å². The summed E-state index contributed by atoms with van der Waals surface area (Å²) in [6, 6.07) is 11.9. The van der Waals surface area contributed by atoms with Crippen molar-refractivity contribution in [3.8, 4) is 0 Å². The maximum atomic E-state index is 10.2. The van der Waals surface area contributed by atoms with Crippen LogP contribution >= 0.6 is 22.9 Å². The van der Waals surface area contributed by atoms with Gasteiger partial charge in [0.05, 0.1) is 10.9 Å². The minimum atomic E-state index is -0.601. The fourth-order valence-corrected chi connectivity index (χ4v) is 3.05. The molecular weight excluding hydrogens is 330 g/mol. The van der Waals surface area contributed by atoms with Crippen molar-refractivity contribution in [1.29, 1.82) is 0 Å². The Bertz CT molecular complexity index is 640. The highest BCUT2D eigenvalue weighted by Crippen LogP contribution is 2.26. The quantitative estimate of drug-likeness (QED) is 0.551. The van der Waals surface area contributed by atoms with Crippen molar-refractivity contribution in [2.24, 2.45) is 4.99 Å². The molecule has 0 aliphatic rings. The number of nitrogens with zero attached hydrogens (tertiary/aromatic N) is 1. The summed E-state index contributed by atoms with van der Waals surface area (Å²) in [6.45, 7) is 5.82. The summed E-state index contributed by atoms with van der Waals surface area (Å²) in [6.07, 6.45) is -0.601. The summed E-state index contributed by atoms with van der Waals surface area (Å²) in [4.78, 5) is 5.39. The van der Waals surface area contributed by atoms with Crippen molar-refractivity contribution in [2.75, 3.05) is 13.1 Å². The van der Waals surface area contributed by atoms with E-state index in [0.29, 0.717) is 23.4 Å². The predicted octanol–water partition coefficient (Wildman–Crippen LogP) is 3.50. The van der Waals surface area contributed by atoms with Crippen molar-refractivity contribution >= 4 is 28.9 Å². The van der Waals surface area contributed by atoms with E-state index in [9.17, 15) is 5.11 Å². The zero-order valence-electron chi connectivity index (χ0n) is 13.3. The van der Waals surface area contributed by atoms with Gasteiger partial charge in [-0.2, -0.15) is 0 Å². The molecule has 4 nitrogen and oxygen atoms in total. The van der Waals surface area contributed by atoms with Crippen molar-refractivity contribution in [1.82, 2.24) is 10.6 Å². The number of aliphatic imine (C=N–C) groups is 1. The highest BCUT2D eigenvalue weighted by Gasteiger charge is 2.10. The van der Waals surface area contributed by atoms with Gasteiger partial charge in [0.1, 0.15) is 6.10 Å². The van der Waals surface area contributed by atoms with E-state index in [1.165, 1.54) is 16.9 Å². The number of rotatable bonds is 6. The molecule has 1 aromatic heterocycles. The molecule has 1 aromatic carbocycles. The highest BCUT2D eigenvalue weighted by atomic mass is 35.5. The van der Waals surface area contributed by atoms with Crippen LogP contribution < -0.4 is 10.6 Å². The largest absolute Gasteiger partial charge is 0.386 e. The number of hydrogen-bond donors (Lipinski definition) is 3. The van der Waals surface area contributed by atoms with Crippen LogP contribution in [-0.4, -0.2) is 24.2 Å². The van der Waals surface area contributed by atoms with Gasteiger partial charge in [0.2, 0.25) is 0 Å². The molecule has 1 unspecified atom stereocenters. The molecule has 2 rings (SSSR count). The number of nitrogens with one attached hydrogen (secondary N) is 2. The molecule has 0 fully saturated rings. The first kappa shape index (κ1) is 17.8. The van der Waals surface area contributed by atoms with E-state index in [-0.39, 0.29) is 0 Å². The summed E-state index contributed by atoms with van der Waals surface area (Å²) in [5, 5.41) is 16.5. The Morgan fingerprint density at radius 3 is 2.57 bits per heavy atom. The molecule has 2 aromatic rings. The molecule has 3 N–H and O–H groups in total. The van der Waals surface area contributed by atoms with E-state index in [2.05, 4.69) is 46.8 Å². The first-order valence-electron chi connectivity index (χ1n) is 7.59. The molecule has 0 saturated heterocycles. The SMILES string of the molecule is CCNC(=NCc1ccc(C)cc1)NCC(O)c1ccc(Cl)s1. The third-order valence-electron chi connectivity index (χ3n) is 3.27. The molecule has 0 bridgehead atoms. The van der Waals surface area contributed by atoms with E-state index in [1.807, 2.05) is 13.0 Å². The number of halogens is 1. The normalized spacial score (nSPS) is 13.0. The predicted molar refractivity (Wildman–Crippen MR) is 98.3 cm³/mol. The summed E-state index contributed by atoms with van der Waals surface area (Å²) in [5.74, 6) is 0.690. The Kier molecular flexibility index (Phi) is 6.89. The van der Waals surface area contributed by atoms with Gasteiger partial charge in [0.25, 0.3) is 0 Å². The third kappa shape index (κ3) is 5.86. The van der Waals surface area contributed by atoms with Crippen molar-refractivity contribution < 1.29 is 5.11 Å². The number of guanidine groups is 1. The Labute approximate surface area is 146 Å². The summed E-state index contributed by atoms with van der Waals surface area (Å²) in [7, 11) is 0. The minimum absolute atomic E-state index is 0.385. The van der Waals surface area contributed by atoms with Crippen LogP contribution in [0, 0.1) is 6.92 Å². The number of thiophene rings is 1. The number of aryl methyl sites for hydroxylation is 1. The minimum Gasteiger partial charge on any atom is -0.386 e. The standard InChI is InChI=1S/C17H22ClN3OS/c1-3-19-17(20-10-13-6-4-12(2)5-7-13)21-11-14(22)15-8-9-16(18)23-15/h4-9,14,22H,3,10-11H2,1-2H3,(H2,19,20,21).